The second kappa shape index (κ2) is 6.33. The predicted molar refractivity (Wildman–Crippen MR) is 92.6 cm³/mol. The predicted octanol–water partition coefficient (Wildman–Crippen LogP) is 1.47. The van der Waals surface area contributed by atoms with E-state index in [1.54, 1.807) is 10.9 Å². The number of imidazole rings is 1. The van der Waals surface area contributed by atoms with Crippen LogP contribution in [-0.2, 0) is 18.3 Å². The van der Waals surface area contributed by atoms with E-state index in [2.05, 4.69) is 20.4 Å². The highest BCUT2D eigenvalue weighted by molar-refractivity contribution is 5.80. The molecule has 1 aliphatic rings. The molecule has 7 nitrogen and oxygen atoms in total. The second-order valence-corrected chi connectivity index (χ2v) is 6.76. The summed E-state index contributed by atoms with van der Waals surface area (Å²) in [6, 6.07) is 7.59. The number of carbonyl (C=O) groups excluding carboxylic acids is 1. The molecule has 4 rings (SSSR count). The van der Waals surface area contributed by atoms with Gasteiger partial charge in [-0.1, -0.05) is 12.1 Å². The first-order chi connectivity index (χ1) is 12.1. The van der Waals surface area contributed by atoms with Gasteiger partial charge < -0.3 is 15.4 Å². The second-order valence-electron chi connectivity index (χ2n) is 6.76. The number of aliphatic hydroxyl groups excluding tert-OH is 1. The fourth-order valence-corrected chi connectivity index (χ4v) is 3.44. The Morgan fingerprint density at radius 1 is 1.44 bits per heavy atom. The van der Waals surface area contributed by atoms with Gasteiger partial charge in [-0.3, -0.25) is 9.48 Å². The lowest BCUT2D eigenvalue weighted by molar-refractivity contribution is -0.122. The van der Waals surface area contributed by atoms with Crippen LogP contribution >= 0.6 is 0 Å². The number of para-hydroxylation sites is 2. The molecule has 0 unspecified atom stereocenters. The molecule has 1 aromatic carbocycles. The third-order valence-electron chi connectivity index (χ3n) is 4.79. The lowest BCUT2D eigenvalue weighted by Gasteiger charge is -2.37. The van der Waals surface area contributed by atoms with Crippen molar-refractivity contribution in [2.45, 2.75) is 31.4 Å². The fraction of sp³-hybridized carbons (Fsp3) is 0.389. The molecule has 130 valence electrons. The van der Waals surface area contributed by atoms with Crippen LogP contribution in [0, 0.1) is 5.92 Å². The van der Waals surface area contributed by atoms with Gasteiger partial charge >= 0.3 is 0 Å². The SMILES string of the molecule is Cn1cc([C@H](NC(=O)Cc2nc3ccccc3[nH]2)C2CC(O)C2)cn1. The zero-order chi connectivity index (χ0) is 17.4. The van der Waals surface area contributed by atoms with E-state index in [1.165, 1.54) is 0 Å². The van der Waals surface area contributed by atoms with E-state index in [-0.39, 0.29) is 30.4 Å². The molecule has 25 heavy (non-hydrogen) atoms. The number of amides is 1. The molecule has 2 heterocycles. The number of hydrogen-bond acceptors (Lipinski definition) is 4. The maximum atomic E-state index is 12.5. The minimum absolute atomic E-state index is 0.0886. The molecule has 0 saturated heterocycles. The molecule has 1 aliphatic carbocycles. The molecular weight excluding hydrogens is 318 g/mol. The first-order valence-electron chi connectivity index (χ1n) is 8.48. The van der Waals surface area contributed by atoms with E-state index in [0.717, 1.165) is 16.6 Å². The highest BCUT2D eigenvalue weighted by Gasteiger charge is 2.36. The number of carbonyl (C=O) groups is 1. The van der Waals surface area contributed by atoms with E-state index in [0.29, 0.717) is 18.7 Å². The van der Waals surface area contributed by atoms with Gasteiger partial charge in [-0.2, -0.15) is 5.10 Å². The number of nitrogens with one attached hydrogen (secondary N) is 2. The molecule has 1 fully saturated rings. The van der Waals surface area contributed by atoms with E-state index < -0.39 is 0 Å². The Morgan fingerprint density at radius 3 is 2.92 bits per heavy atom. The van der Waals surface area contributed by atoms with E-state index in [1.807, 2.05) is 37.5 Å². The van der Waals surface area contributed by atoms with Crippen molar-refractivity contribution in [1.29, 1.82) is 0 Å². The van der Waals surface area contributed by atoms with Crippen molar-refractivity contribution < 1.29 is 9.90 Å². The van der Waals surface area contributed by atoms with Gasteiger partial charge in [0.2, 0.25) is 5.91 Å². The maximum absolute atomic E-state index is 12.5. The molecule has 3 aromatic rings. The number of aromatic nitrogens is 4. The average molecular weight is 339 g/mol. The van der Waals surface area contributed by atoms with Crippen LogP contribution in [0.4, 0.5) is 0 Å². The van der Waals surface area contributed by atoms with Crippen molar-refractivity contribution in [3.05, 3.63) is 48.0 Å². The van der Waals surface area contributed by atoms with Crippen LogP contribution in [0.5, 0.6) is 0 Å². The number of hydrogen-bond donors (Lipinski definition) is 3. The third-order valence-corrected chi connectivity index (χ3v) is 4.79. The van der Waals surface area contributed by atoms with Crippen LogP contribution in [0.2, 0.25) is 0 Å². The average Bonchev–Trinajstić information content (AvgIpc) is 3.15. The standard InChI is InChI=1S/C18H21N5O2/c1-23-10-12(9-19-23)18(11-6-13(24)7-11)22-17(25)8-16-20-14-4-2-3-5-15(14)21-16/h2-5,9-11,13,18,24H,6-8H2,1H3,(H,20,21)(H,22,25)/t11?,13?,18-/m1/s1. The van der Waals surface area contributed by atoms with Crippen molar-refractivity contribution in [3.8, 4) is 0 Å². The lowest BCUT2D eigenvalue weighted by Crippen LogP contribution is -2.41. The molecule has 1 atom stereocenters. The van der Waals surface area contributed by atoms with Crippen molar-refractivity contribution in [1.82, 2.24) is 25.1 Å². The normalized spacial score (nSPS) is 21.0. The minimum Gasteiger partial charge on any atom is -0.393 e. The first-order valence-corrected chi connectivity index (χ1v) is 8.48. The number of nitrogens with zero attached hydrogens (tertiary/aromatic N) is 3. The van der Waals surface area contributed by atoms with Crippen LogP contribution in [0.3, 0.4) is 0 Å². The van der Waals surface area contributed by atoms with E-state index in [9.17, 15) is 9.90 Å². The van der Waals surface area contributed by atoms with Crippen molar-refractivity contribution in [2.75, 3.05) is 0 Å². The van der Waals surface area contributed by atoms with Crippen molar-refractivity contribution >= 4 is 16.9 Å². The molecule has 1 saturated carbocycles. The van der Waals surface area contributed by atoms with Gasteiger partial charge in [0.25, 0.3) is 0 Å². The smallest absolute Gasteiger partial charge is 0.228 e. The Morgan fingerprint density at radius 2 is 2.24 bits per heavy atom. The zero-order valence-corrected chi connectivity index (χ0v) is 14.0. The van der Waals surface area contributed by atoms with Crippen LogP contribution in [0.15, 0.2) is 36.7 Å². The Balaban J connectivity index is 1.48. The van der Waals surface area contributed by atoms with Gasteiger partial charge in [-0.25, -0.2) is 4.98 Å². The largest absolute Gasteiger partial charge is 0.393 e. The summed E-state index contributed by atoms with van der Waals surface area (Å²) in [5.41, 5.74) is 2.75. The van der Waals surface area contributed by atoms with Crippen LogP contribution in [0.1, 0.15) is 30.3 Å². The number of H-pyrrole nitrogens is 1. The maximum Gasteiger partial charge on any atom is 0.228 e. The number of fused-ring (bicyclic) bond motifs is 1. The third kappa shape index (κ3) is 3.28. The Kier molecular flexibility index (Phi) is 4.01. The molecule has 3 N–H and O–H groups in total. The quantitative estimate of drug-likeness (QED) is 0.656. The fourth-order valence-electron chi connectivity index (χ4n) is 3.44. The summed E-state index contributed by atoms with van der Waals surface area (Å²) in [6.45, 7) is 0. The lowest BCUT2D eigenvalue weighted by atomic mass is 9.75. The minimum atomic E-state index is -0.267. The van der Waals surface area contributed by atoms with E-state index >= 15 is 0 Å². The summed E-state index contributed by atoms with van der Waals surface area (Å²) in [4.78, 5) is 20.2. The van der Waals surface area contributed by atoms with Gasteiger partial charge in [0.15, 0.2) is 0 Å². The summed E-state index contributed by atoms with van der Waals surface area (Å²) in [5, 5.41) is 16.9. The van der Waals surface area contributed by atoms with Crippen LogP contribution in [0.25, 0.3) is 11.0 Å². The topological polar surface area (TPSA) is 95.8 Å². The number of rotatable bonds is 5. The van der Waals surface area contributed by atoms with Gasteiger partial charge in [-0.05, 0) is 30.9 Å². The summed E-state index contributed by atoms with van der Waals surface area (Å²) in [7, 11) is 1.85. The number of aryl methyl sites for hydroxylation is 1. The van der Waals surface area contributed by atoms with Gasteiger partial charge in [0.05, 0.1) is 35.8 Å². The molecule has 7 heteroatoms. The molecule has 0 bridgehead atoms. The van der Waals surface area contributed by atoms with Crippen LogP contribution in [-0.4, -0.2) is 36.9 Å². The number of benzene rings is 1. The van der Waals surface area contributed by atoms with Gasteiger partial charge in [-0.15, -0.1) is 0 Å². The summed E-state index contributed by atoms with van der Waals surface area (Å²) >= 11 is 0. The van der Waals surface area contributed by atoms with Gasteiger partial charge in [0.1, 0.15) is 5.82 Å². The molecular formula is C18H21N5O2. The molecule has 0 aliphatic heterocycles. The highest BCUT2D eigenvalue weighted by atomic mass is 16.3. The first kappa shape index (κ1) is 15.8. The zero-order valence-electron chi connectivity index (χ0n) is 14.0. The monoisotopic (exact) mass is 339 g/mol. The Bertz CT molecular complexity index is 861. The summed E-state index contributed by atoms with van der Waals surface area (Å²) in [6.07, 6.45) is 5.01. The number of aromatic amines is 1. The van der Waals surface area contributed by atoms with Gasteiger partial charge in [0, 0.05) is 18.8 Å². The molecule has 1 amide bonds. The number of aliphatic hydroxyl groups is 1. The highest BCUT2D eigenvalue weighted by Crippen LogP contribution is 2.37. The Labute approximate surface area is 145 Å². The molecule has 0 radical (unpaired) electrons. The van der Waals surface area contributed by atoms with E-state index in [4.69, 9.17) is 0 Å². The van der Waals surface area contributed by atoms with Crippen molar-refractivity contribution in [3.63, 3.8) is 0 Å². The molecule has 2 aromatic heterocycles. The Hall–Kier alpha value is -2.67. The van der Waals surface area contributed by atoms with Crippen molar-refractivity contribution in [2.24, 2.45) is 13.0 Å². The summed E-state index contributed by atoms with van der Waals surface area (Å²) in [5.74, 6) is 0.797. The molecule has 0 spiro atoms. The van der Waals surface area contributed by atoms with Crippen LogP contribution < -0.4 is 5.32 Å². The summed E-state index contributed by atoms with van der Waals surface area (Å²) < 4.78 is 1.73.